The van der Waals surface area contributed by atoms with Gasteiger partial charge in [-0.1, -0.05) is 36.4 Å². The average Bonchev–Trinajstić information content (AvgIpc) is 2.76. The highest BCUT2D eigenvalue weighted by molar-refractivity contribution is 5.81. The predicted molar refractivity (Wildman–Crippen MR) is 122 cm³/mol. The van der Waals surface area contributed by atoms with Crippen LogP contribution in [0.2, 0.25) is 0 Å². The van der Waals surface area contributed by atoms with E-state index in [2.05, 4.69) is 50.8 Å². The van der Waals surface area contributed by atoms with E-state index >= 15 is 0 Å². The van der Waals surface area contributed by atoms with E-state index in [0.29, 0.717) is 19.8 Å². The summed E-state index contributed by atoms with van der Waals surface area (Å²) in [6, 6.07) is 16.3. The average molecular weight is 409 g/mol. The fraction of sp³-hybridized carbons (Fsp3) is 0.346. The molecule has 0 N–H and O–H groups in total. The SMILES string of the molecule is C=CC(=O)OCCCCCCOc1ccc(-c2ccc(OCC=C(C)C)cc2)cc1. The van der Waals surface area contributed by atoms with Gasteiger partial charge in [-0.15, -0.1) is 0 Å². The Morgan fingerprint density at radius 2 is 1.33 bits per heavy atom. The number of esters is 1. The van der Waals surface area contributed by atoms with Crippen LogP contribution in [0.5, 0.6) is 11.5 Å². The number of benzene rings is 2. The lowest BCUT2D eigenvalue weighted by atomic mass is 10.1. The first kappa shape index (κ1) is 23.3. The minimum absolute atomic E-state index is 0.356. The van der Waals surface area contributed by atoms with Crippen molar-refractivity contribution < 1.29 is 19.0 Å². The molecule has 2 rings (SSSR count). The molecular weight excluding hydrogens is 376 g/mol. The zero-order chi connectivity index (χ0) is 21.6. The molecule has 0 unspecified atom stereocenters. The Hall–Kier alpha value is -3.01. The van der Waals surface area contributed by atoms with Crippen LogP contribution < -0.4 is 9.47 Å². The fourth-order valence-corrected chi connectivity index (χ4v) is 2.77. The summed E-state index contributed by atoms with van der Waals surface area (Å²) >= 11 is 0. The Morgan fingerprint density at radius 3 is 1.87 bits per heavy atom. The van der Waals surface area contributed by atoms with Crippen molar-refractivity contribution in [2.75, 3.05) is 19.8 Å². The molecular formula is C26H32O4. The smallest absolute Gasteiger partial charge is 0.330 e. The summed E-state index contributed by atoms with van der Waals surface area (Å²) < 4.78 is 16.5. The van der Waals surface area contributed by atoms with Crippen molar-refractivity contribution in [3.63, 3.8) is 0 Å². The molecule has 0 fully saturated rings. The summed E-state index contributed by atoms with van der Waals surface area (Å²) in [5.41, 5.74) is 3.54. The summed E-state index contributed by atoms with van der Waals surface area (Å²) in [6.45, 7) is 9.23. The minimum atomic E-state index is -0.356. The van der Waals surface area contributed by atoms with Crippen molar-refractivity contribution in [3.05, 3.63) is 72.8 Å². The van der Waals surface area contributed by atoms with Gasteiger partial charge in [0.05, 0.1) is 13.2 Å². The first-order valence-corrected chi connectivity index (χ1v) is 10.5. The van der Waals surface area contributed by atoms with E-state index < -0.39 is 0 Å². The number of hydrogen-bond donors (Lipinski definition) is 0. The largest absolute Gasteiger partial charge is 0.494 e. The molecule has 4 heteroatoms. The van der Waals surface area contributed by atoms with Gasteiger partial charge in [0.2, 0.25) is 0 Å². The van der Waals surface area contributed by atoms with Crippen LogP contribution >= 0.6 is 0 Å². The summed E-state index contributed by atoms with van der Waals surface area (Å²) in [5, 5.41) is 0. The lowest BCUT2D eigenvalue weighted by Gasteiger charge is -2.09. The highest BCUT2D eigenvalue weighted by Gasteiger charge is 2.01. The van der Waals surface area contributed by atoms with Crippen molar-refractivity contribution in [2.45, 2.75) is 39.5 Å². The number of ether oxygens (including phenoxy) is 3. The van der Waals surface area contributed by atoms with Crippen LogP contribution in [0.1, 0.15) is 39.5 Å². The quantitative estimate of drug-likeness (QED) is 0.167. The molecule has 0 bridgehead atoms. The minimum Gasteiger partial charge on any atom is -0.494 e. The maximum absolute atomic E-state index is 10.9. The molecule has 0 atom stereocenters. The van der Waals surface area contributed by atoms with E-state index in [1.165, 1.54) is 11.6 Å². The van der Waals surface area contributed by atoms with Gasteiger partial charge >= 0.3 is 5.97 Å². The van der Waals surface area contributed by atoms with E-state index in [-0.39, 0.29) is 5.97 Å². The molecule has 160 valence electrons. The van der Waals surface area contributed by atoms with Crippen LogP contribution in [-0.4, -0.2) is 25.8 Å². The second kappa shape index (κ2) is 13.3. The molecule has 0 heterocycles. The molecule has 0 aromatic heterocycles. The van der Waals surface area contributed by atoms with Gasteiger partial charge in [-0.3, -0.25) is 0 Å². The van der Waals surface area contributed by atoms with Crippen LogP contribution in [0.25, 0.3) is 11.1 Å². The van der Waals surface area contributed by atoms with Gasteiger partial charge in [0, 0.05) is 6.08 Å². The highest BCUT2D eigenvalue weighted by Crippen LogP contribution is 2.25. The predicted octanol–water partition coefficient (Wildman–Crippen LogP) is 6.37. The van der Waals surface area contributed by atoms with Crippen LogP contribution in [0, 0.1) is 0 Å². The molecule has 2 aromatic carbocycles. The van der Waals surface area contributed by atoms with Crippen LogP contribution in [0.4, 0.5) is 0 Å². The summed E-state index contributed by atoms with van der Waals surface area (Å²) in [4.78, 5) is 10.9. The molecule has 0 amide bonds. The van der Waals surface area contributed by atoms with Gasteiger partial charge < -0.3 is 14.2 Å². The number of carbonyl (C=O) groups excluding carboxylic acids is 1. The molecule has 0 aliphatic carbocycles. The van der Waals surface area contributed by atoms with Crippen molar-refractivity contribution >= 4 is 5.97 Å². The van der Waals surface area contributed by atoms with E-state index in [1.54, 1.807) is 0 Å². The Balaban J connectivity index is 1.67. The number of hydrogen-bond acceptors (Lipinski definition) is 4. The third-order valence-electron chi connectivity index (χ3n) is 4.50. The molecule has 0 aliphatic rings. The maximum Gasteiger partial charge on any atom is 0.330 e. The third kappa shape index (κ3) is 8.99. The number of rotatable bonds is 13. The van der Waals surface area contributed by atoms with E-state index in [4.69, 9.17) is 14.2 Å². The van der Waals surface area contributed by atoms with E-state index in [1.807, 2.05) is 24.3 Å². The Morgan fingerprint density at radius 1 is 0.800 bits per heavy atom. The normalized spacial score (nSPS) is 10.2. The molecule has 0 saturated heterocycles. The number of unbranched alkanes of at least 4 members (excludes halogenated alkanes) is 3. The molecule has 0 radical (unpaired) electrons. The second-order valence-corrected chi connectivity index (χ2v) is 7.28. The lowest BCUT2D eigenvalue weighted by Crippen LogP contribution is -2.02. The lowest BCUT2D eigenvalue weighted by molar-refractivity contribution is -0.137. The van der Waals surface area contributed by atoms with Crippen LogP contribution in [0.3, 0.4) is 0 Å². The van der Waals surface area contributed by atoms with Crippen molar-refractivity contribution in [1.82, 2.24) is 0 Å². The van der Waals surface area contributed by atoms with Gasteiger partial charge in [0.25, 0.3) is 0 Å². The highest BCUT2D eigenvalue weighted by atomic mass is 16.5. The third-order valence-corrected chi connectivity index (χ3v) is 4.50. The Kier molecular flexibility index (Phi) is 10.3. The van der Waals surface area contributed by atoms with Gasteiger partial charge in [-0.2, -0.15) is 0 Å². The first-order valence-electron chi connectivity index (χ1n) is 10.5. The first-order chi connectivity index (χ1) is 14.6. The fourth-order valence-electron chi connectivity index (χ4n) is 2.77. The zero-order valence-corrected chi connectivity index (χ0v) is 18.1. The second-order valence-electron chi connectivity index (χ2n) is 7.28. The molecule has 0 aliphatic heterocycles. The summed E-state index contributed by atoms with van der Waals surface area (Å²) in [7, 11) is 0. The number of allylic oxidation sites excluding steroid dienone is 1. The van der Waals surface area contributed by atoms with Crippen molar-refractivity contribution in [3.8, 4) is 22.6 Å². The van der Waals surface area contributed by atoms with Gasteiger partial charge in [-0.05, 0) is 81.0 Å². The Labute approximate surface area is 180 Å². The summed E-state index contributed by atoms with van der Waals surface area (Å²) in [5.74, 6) is 1.39. The molecule has 0 saturated carbocycles. The van der Waals surface area contributed by atoms with Gasteiger partial charge in [-0.25, -0.2) is 4.79 Å². The standard InChI is InChI=1S/C26H32O4/c1-4-26(27)30-19-8-6-5-7-18-28-24-13-9-22(10-14-24)23-11-15-25(16-12-23)29-20-17-21(2)3/h4,9-17H,1,5-8,18-20H2,2-3H3. The molecule has 0 spiro atoms. The monoisotopic (exact) mass is 408 g/mol. The van der Waals surface area contributed by atoms with Crippen LogP contribution in [-0.2, 0) is 9.53 Å². The Bertz CT molecular complexity index is 800. The van der Waals surface area contributed by atoms with E-state index in [0.717, 1.165) is 48.3 Å². The molecule has 30 heavy (non-hydrogen) atoms. The van der Waals surface area contributed by atoms with Crippen molar-refractivity contribution in [1.29, 1.82) is 0 Å². The maximum atomic E-state index is 10.9. The summed E-state index contributed by atoms with van der Waals surface area (Å²) in [6.07, 6.45) is 7.16. The van der Waals surface area contributed by atoms with Crippen LogP contribution in [0.15, 0.2) is 72.8 Å². The van der Waals surface area contributed by atoms with Gasteiger partial charge in [0.15, 0.2) is 0 Å². The molecule has 2 aromatic rings. The van der Waals surface area contributed by atoms with E-state index in [9.17, 15) is 4.79 Å². The number of carbonyl (C=O) groups is 1. The van der Waals surface area contributed by atoms with Gasteiger partial charge in [0.1, 0.15) is 18.1 Å². The molecule has 4 nitrogen and oxygen atoms in total. The topological polar surface area (TPSA) is 44.8 Å². The zero-order valence-electron chi connectivity index (χ0n) is 18.1. The van der Waals surface area contributed by atoms with Crippen molar-refractivity contribution in [2.24, 2.45) is 0 Å².